The molecule has 4 aromatic rings. The van der Waals surface area contributed by atoms with Crippen molar-refractivity contribution in [3.8, 4) is 22.6 Å². The lowest BCUT2D eigenvalue weighted by Gasteiger charge is -2.19. The van der Waals surface area contributed by atoms with Crippen molar-refractivity contribution in [3.05, 3.63) is 75.7 Å². The molecule has 2 aliphatic heterocycles. The fraction of sp³-hybridized carbons (Fsp3) is 0.222. The van der Waals surface area contributed by atoms with E-state index < -0.39 is 0 Å². The maximum atomic E-state index is 13.6. The first-order valence-electron chi connectivity index (χ1n) is 11.7. The molecule has 176 valence electrons. The number of fused-ring (bicyclic) bond motifs is 2. The van der Waals surface area contributed by atoms with E-state index in [1.54, 1.807) is 6.08 Å². The summed E-state index contributed by atoms with van der Waals surface area (Å²) in [4.78, 5) is 36.9. The molecule has 1 amide bonds. The number of H-pyrrole nitrogens is 1. The SMILES string of the molecule is O=C(C(=Cc1ccc2c(c1)OCCO2)c1nc2scc(-c3ccccc3)c2c(=O)[nH]1)N1CCCC1. The first kappa shape index (κ1) is 21.6. The second-order valence-corrected chi connectivity index (χ2v) is 9.43. The number of thiophene rings is 1. The number of carbonyl (C=O) groups is 1. The molecule has 0 spiro atoms. The van der Waals surface area contributed by atoms with E-state index in [1.165, 1.54) is 11.3 Å². The molecule has 2 aromatic carbocycles. The number of ether oxygens (including phenoxy) is 2. The number of nitrogens with one attached hydrogen (secondary N) is 1. The van der Waals surface area contributed by atoms with Crippen molar-refractivity contribution in [1.82, 2.24) is 14.9 Å². The summed E-state index contributed by atoms with van der Waals surface area (Å²) < 4.78 is 11.3. The largest absolute Gasteiger partial charge is 0.486 e. The van der Waals surface area contributed by atoms with E-state index in [4.69, 9.17) is 14.5 Å². The first-order valence-corrected chi connectivity index (χ1v) is 12.5. The summed E-state index contributed by atoms with van der Waals surface area (Å²) in [6.07, 6.45) is 3.71. The number of rotatable bonds is 4. The number of hydrogen-bond donors (Lipinski definition) is 1. The van der Waals surface area contributed by atoms with Crippen LogP contribution in [0.3, 0.4) is 0 Å². The highest BCUT2D eigenvalue weighted by atomic mass is 32.1. The lowest BCUT2D eigenvalue weighted by atomic mass is 10.1. The van der Waals surface area contributed by atoms with E-state index in [0.29, 0.717) is 53.6 Å². The Bertz CT molecular complexity index is 1500. The molecule has 0 bridgehead atoms. The molecule has 35 heavy (non-hydrogen) atoms. The average molecular weight is 486 g/mol. The van der Waals surface area contributed by atoms with Crippen LogP contribution in [0.15, 0.2) is 58.7 Å². The van der Waals surface area contributed by atoms with Crippen LogP contribution < -0.4 is 15.0 Å². The number of hydrogen-bond acceptors (Lipinski definition) is 6. The van der Waals surface area contributed by atoms with Crippen LogP contribution in [-0.2, 0) is 4.79 Å². The van der Waals surface area contributed by atoms with E-state index in [-0.39, 0.29) is 17.3 Å². The summed E-state index contributed by atoms with van der Waals surface area (Å²) in [7, 11) is 0. The Balaban J connectivity index is 1.47. The van der Waals surface area contributed by atoms with E-state index in [1.807, 2.05) is 58.8 Å². The third-order valence-corrected chi connectivity index (χ3v) is 7.16. The standard InChI is InChI=1S/C27H23N3O4S/c31-25-23-20(18-6-2-1-3-7-18)16-35-26(23)29-24(28-25)19(27(32)30-10-4-5-11-30)14-17-8-9-21-22(15-17)34-13-12-33-21/h1-3,6-9,14-16H,4-5,10-13H2,(H,28,29,31). The van der Waals surface area contributed by atoms with Crippen molar-refractivity contribution < 1.29 is 14.3 Å². The van der Waals surface area contributed by atoms with Gasteiger partial charge in [-0.05, 0) is 42.2 Å². The maximum Gasteiger partial charge on any atom is 0.260 e. The zero-order chi connectivity index (χ0) is 23.8. The van der Waals surface area contributed by atoms with Gasteiger partial charge in [0.05, 0.1) is 11.0 Å². The van der Waals surface area contributed by atoms with E-state index in [9.17, 15) is 9.59 Å². The van der Waals surface area contributed by atoms with Gasteiger partial charge < -0.3 is 19.4 Å². The highest BCUT2D eigenvalue weighted by Gasteiger charge is 2.25. The van der Waals surface area contributed by atoms with Gasteiger partial charge in [0, 0.05) is 24.0 Å². The minimum Gasteiger partial charge on any atom is -0.486 e. The maximum absolute atomic E-state index is 13.6. The fourth-order valence-electron chi connectivity index (χ4n) is 4.55. The molecule has 2 aromatic heterocycles. The van der Waals surface area contributed by atoms with Gasteiger partial charge in [0.15, 0.2) is 11.5 Å². The molecule has 7 nitrogen and oxygen atoms in total. The minimum absolute atomic E-state index is 0.139. The number of nitrogens with zero attached hydrogens (tertiary/aromatic N) is 2. The van der Waals surface area contributed by atoms with Gasteiger partial charge in [0.1, 0.15) is 23.9 Å². The highest BCUT2D eigenvalue weighted by molar-refractivity contribution is 7.17. The highest BCUT2D eigenvalue weighted by Crippen LogP contribution is 2.34. The van der Waals surface area contributed by atoms with Gasteiger partial charge in [-0.2, -0.15) is 0 Å². The zero-order valence-corrected chi connectivity index (χ0v) is 19.8. The van der Waals surface area contributed by atoms with Gasteiger partial charge in [0.2, 0.25) is 0 Å². The molecule has 1 N–H and O–H groups in total. The lowest BCUT2D eigenvalue weighted by molar-refractivity contribution is -0.123. The Morgan fingerprint density at radius 3 is 2.60 bits per heavy atom. The molecular formula is C27H23N3O4S. The third-order valence-electron chi connectivity index (χ3n) is 6.28. The molecule has 1 saturated heterocycles. The van der Waals surface area contributed by atoms with E-state index >= 15 is 0 Å². The van der Waals surface area contributed by atoms with Crippen molar-refractivity contribution >= 4 is 39.1 Å². The summed E-state index contributed by atoms with van der Waals surface area (Å²) in [5.41, 5.74) is 2.67. The van der Waals surface area contributed by atoms with Gasteiger partial charge in [0.25, 0.3) is 11.5 Å². The van der Waals surface area contributed by atoms with Crippen LogP contribution in [0.1, 0.15) is 24.2 Å². The number of carbonyl (C=O) groups excluding carboxylic acids is 1. The summed E-state index contributed by atoms with van der Waals surface area (Å²) in [5.74, 6) is 1.46. The molecule has 0 radical (unpaired) electrons. The molecule has 0 aliphatic carbocycles. The van der Waals surface area contributed by atoms with Gasteiger partial charge in [-0.3, -0.25) is 9.59 Å². The van der Waals surface area contributed by atoms with E-state index in [0.717, 1.165) is 29.5 Å². The number of likely N-dealkylation sites (tertiary alicyclic amines) is 1. The number of aromatic amines is 1. The molecule has 6 rings (SSSR count). The van der Waals surface area contributed by atoms with Crippen LogP contribution in [0.4, 0.5) is 0 Å². The smallest absolute Gasteiger partial charge is 0.260 e. The second kappa shape index (κ2) is 9.03. The van der Waals surface area contributed by atoms with Crippen LogP contribution in [0, 0.1) is 0 Å². The van der Waals surface area contributed by atoms with Crippen molar-refractivity contribution in [3.63, 3.8) is 0 Å². The average Bonchev–Trinajstić information content (AvgIpc) is 3.58. The summed E-state index contributed by atoms with van der Waals surface area (Å²) >= 11 is 1.40. The molecule has 8 heteroatoms. The molecule has 1 fully saturated rings. The van der Waals surface area contributed by atoms with Gasteiger partial charge in [-0.1, -0.05) is 36.4 Å². The number of amides is 1. The summed E-state index contributed by atoms with van der Waals surface area (Å²) in [5, 5.41) is 2.48. The predicted molar refractivity (Wildman–Crippen MR) is 137 cm³/mol. The van der Waals surface area contributed by atoms with Gasteiger partial charge in [-0.25, -0.2) is 4.98 Å². The first-order chi connectivity index (χ1) is 17.2. The van der Waals surface area contributed by atoms with E-state index in [2.05, 4.69) is 4.98 Å². The lowest BCUT2D eigenvalue weighted by Crippen LogP contribution is -2.29. The van der Waals surface area contributed by atoms with Crippen LogP contribution in [-0.4, -0.2) is 47.1 Å². The Hall–Kier alpha value is -3.91. The second-order valence-electron chi connectivity index (χ2n) is 8.57. The van der Waals surface area contributed by atoms with Crippen molar-refractivity contribution in [2.45, 2.75) is 12.8 Å². The Labute approximate surface area is 205 Å². The zero-order valence-electron chi connectivity index (χ0n) is 19.0. The van der Waals surface area contributed by atoms with Gasteiger partial charge >= 0.3 is 0 Å². The predicted octanol–water partition coefficient (Wildman–Crippen LogP) is 4.59. The number of aromatic nitrogens is 2. The normalized spacial score (nSPS) is 15.5. The molecule has 4 heterocycles. The molecule has 0 saturated carbocycles. The third kappa shape index (κ3) is 4.10. The summed E-state index contributed by atoms with van der Waals surface area (Å²) in [6, 6.07) is 15.3. The van der Waals surface area contributed by atoms with Crippen LogP contribution in [0.5, 0.6) is 11.5 Å². The van der Waals surface area contributed by atoms with Crippen molar-refractivity contribution in [1.29, 1.82) is 0 Å². The van der Waals surface area contributed by atoms with Crippen molar-refractivity contribution in [2.75, 3.05) is 26.3 Å². The molecule has 2 aliphatic rings. The fourth-order valence-corrected chi connectivity index (χ4v) is 5.49. The van der Waals surface area contributed by atoms with Crippen LogP contribution >= 0.6 is 11.3 Å². The summed E-state index contributed by atoms with van der Waals surface area (Å²) in [6.45, 7) is 2.38. The molecule has 0 atom stereocenters. The minimum atomic E-state index is -0.257. The topological polar surface area (TPSA) is 84.5 Å². The Kier molecular flexibility index (Phi) is 5.58. The quantitative estimate of drug-likeness (QED) is 0.428. The van der Waals surface area contributed by atoms with Crippen LogP contribution in [0.25, 0.3) is 33.0 Å². The van der Waals surface area contributed by atoms with Crippen LogP contribution in [0.2, 0.25) is 0 Å². The number of benzene rings is 2. The molecular weight excluding hydrogens is 462 g/mol. The van der Waals surface area contributed by atoms with Crippen molar-refractivity contribution in [2.24, 2.45) is 0 Å². The monoisotopic (exact) mass is 485 g/mol. The molecule has 0 unspecified atom stereocenters. The Morgan fingerprint density at radius 1 is 1.03 bits per heavy atom. The van der Waals surface area contributed by atoms with Gasteiger partial charge in [-0.15, -0.1) is 11.3 Å². The Morgan fingerprint density at radius 2 is 1.80 bits per heavy atom.